The van der Waals surface area contributed by atoms with E-state index in [1.165, 1.54) is 225 Å². The highest BCUT2D eigenvalue weighted by Crippen LogP contribution is 2.55. The van der Waals surface area contributed by atoms with Crippen LogP contribution in [0.1, 0.15) is 236 Å². The number of hydrogen-bond acceptors (Lipinski definition) is 2. The number of benzene rings is 4. The van der Waals surface area contributed by atoms with Crippen molar-refractivity contribution >= 4 is 21.5 Å². The smallest absolute Gasteiger partial charge is 0.223 e. The molecule has 334 valence electrons. The molecule has 0 saturated carbocycles. The van der Waals surface area contributed by atoms with E-state index in [4.69, 9.17) is 15.9 Å². The van der Waals surface area contributed by atoms with Crippen molar-refractivity contribution in [2.75, 3.05) is 13.2 Å². The van der Waals surface area contributed by atoms with E-state index in [2.05, 4.69) is 86.5 Å². The van der Waals surface area contributed by atoms with Gasteiger partial charge in [-0.1, -0.05) is 267 Å². The monoisotopic (exact) mass is 827 g/mol. The molecule has 0 heterocycles. The normalized spacial score (nSPS) is 12.9. The largest absolute Gasteiger partial charge is 0.342 e. The average Bonchev–Trinajstić information content (AvgIpc) is 3.58. The predicted octanol–water partition coefficient (Wildman–Crippen LogP) is 18.7. The molecule has 1 aliphatic rings. The minimum absolute atomic E-state index is 0.692. The van der Waals surface area contributed by atoms with Gasteiger partial charge in [0.25, 0.3) is 0 Å². The first-order valence-corrected chi connectivity index (χ1v) is 26.1. The predicted molar refractivity (Wildman–Crippen MR) is 267 cm³/mol. The summed E-state index contributed by atoms with van der Waals surface area (Å²) < 4.78 is 14.4. The van der Waals surface area contributed by atoms with Crippen LogP contribution in [-0.4, -0.2) is 13.2 Å². The standard InChI is InChI=1S/C59H86O2/c1-4-7-9-11-13-15-17-19-21-23-25-27-29-31-33-37-47-60-59(61-48-38-34-32-30-28-26-24-22-20-18-16-14-12-10-8-5-2)55-45-42-51-39-35-36-40-53(51)57(55)58-54-44-41-50(6-3)49-52(54)43-46-56(58)59/h3,35-36,39-46,49H,4-5,7-34,37-38,47-48H2,1-2H3. The maximum Gasteiger partial charge on any atom is 0.223 e. The van der Waals surface area contributed by atoms with E-state index in [0.717, 1.165) is 29.5 Å². The Morgan fingerprint density at radius 1 is 0.393 bits per heavy atom. The van der Waals surface area contributed by atoms with Gasteiger partial charge < -0.3 is 9.47 Å². The first-order chi connectivity index (χ1) is 30.2. The molecule has 0 N–H and O–H groups in total. The lowest BCUT2D eigenvalue weighted by Crippen LogP contribution is -2.33. The highest BCUT2D eigenvalue weighted by molar-refractivity contribution is 6.10. The molecule has 0 aromatic heterocycles. The summed E-state index contributed by atoms with van der Waals surface area (Å²) in [6.45, 7) is 5.99. The second-order valence-electron chi connectivity index (χ2n) is 18.7. The number of terminal acetylenes is 1. The zero-order valence-corrected chi connectivity index (χ0v) is 39.3. The Morgan fingerprint density at radius 2 is 0.754 bits per heavy atom. The molecule has 0 saturated heterocycles. The van der Waals surface area contributed by atoms with Crippen LogP contribution in [0.3, 0.4) is 0 Å². The molecular formula is C59H86O2. The topological polar surface area (TPSA) is 18.5 Å². The van der Waals surface area contributed by atoms with Gasteiger partial charge in [0.05, 0.1) is 13.2 Å². The van der Waals surface area contributed by atoms with Crippen LogP contribution in [0.25, 0.3) is 32.7 Å². The minimum Gasteiger partial charge on any atom is -0.342 e. The summed E-state index contributed by atoms with van der Waals surface area (Å²) in [5.41, 5.74) is 5.71. The number of fused-ring (bicyclic) bond motifs is 7. The molecule has 0 fully saturated rings. The quantitative estimate of drug-likeness (QED) is 0.0258. The van der Waals surface area contributed by atoms with Gasteiger partial charge in [0.15, 0.2) is 0 Å². The number of rotatable bonds is 36. The van der Waals surface area contributed by atoms with Gasteiger partial charge in [0.1, 0.15) is 0 Å². The third-order valence-electron chi connectivity index (χ3n) is 13.7. The Labute approximate surface area is 374 Å². The van der Waals surface area contributed by atoms with Crippen molar-refractivity contribution in [3.8, 4) is 23.5 Å². The van der Waals surface area contributed by atoms with Gasteiger partial charge in [-0.3, -0.25) is 0 Å². The first kappa shape index (κ1) is 48.9. The Morgan fingerprint density at radius 3 is 1.16 bits per heavy atom. The Kier molecular flexibility index (Phi) is 23.5. The Balaban J connectivity index is 1.12. The van der Waals surface area contributed by atoms with Crippen LogP contribution in [0.2, 0.25) is 0 Å². The molecule has 0 radical (unpaired) electrons. The van der Waals surface area contributed by atoms with Gasteiger partial charge in [-0.05, 0) is 57.6 Å². The average molecular weight is 827 g/mol. The summed E-state index contributed by atoms with van der Waals surface area (Å²) in [5.74, 6) is 1.93. The highest BCUT2D eigenvalue weighted by atomic mass is 16.7. The van der Waals surface area contributed by atoms with E-state index in [0.29, 0.717) is 13.2 Å². The third kappa shape index (κ3) is 15.6. The zero-order chi connectivity index (χ0) is 42.6. The lowest BCUT2D eigenvalue weighted by atomic mass is 9.93. The van der Waals surface area contributed by atoms with E-state index >= 15 is 0 Å². The minimum atomic E-state index is -0.918. The van der Waals surface area contributed by atoms with E-state index < -0.39 is 5.79 Å². The van der Waals surface area contributed by atoms with Crippen LogP contribution in [-0.2, 0) is 15.3 Å². The molecule has 5 rings (SSSR count). The van der Waals surface area contributed by atoms with Crippen molar-refractivity contribution in [2.24, 2.45) is 0 Å². The van der Waals surface area contributed by atoms with Crippen LogP contribution >= 0.6 is 0 Å². The van der Waals surface area contributed by atoms with Crippen LogP contribution in [0.5, 0.6) is 0 Å². The summed E-state index contributed by atoms with van der Waals surface area (Å²) in [6.07, 6.45) is 49.6. The lowest BCUT2D eigenvalue weighted by Gasteiger charge is -2.32. The second kappa shape index (κ2) is 29.3. The molecule has 0 bridgehead atoms. The number of hydrogen-bond donors (Lipinski definition) is 0. The van der Waals surface area contributed by atoms with Crippen molar-refractivity contribution in [2.45, 2.75) is 225 Å². The van der Waals surface area contributed by atoms with Crippen molar-refractivity contribution in [3.63, 3.8) is 0 Å². The van der Waals surface area contributed by atoms with Crippen LogP contribution in [0.4, 0.5) is 0 Å². The van der Waals surface area contributed by atoms with Crippen molar-refractivity contribution in [1.82, 2.24) is 0 Å². The molecule has 1 aliphatic carbocycles. The Bertz CT molecular complexity index is 1790. The van der Waals surface area contributed by atoms with Gasteiger partial charge >= 0.3 is 0 Å². The Hall–Kier alpha value is -3.12. The van der Waals surface area contributed by atoms with Gasteiger partial charge in [-0.25, -0.2) is 0 Å². The molecular weight excluding hydrogens is 741 g/mol. The molecule has 0 spiro atoms. The fraction of sp³-hybridized carbons (Fsp3) is 0.627. The van der Waals surface area contributed by atoms with Gasteiger partial charge in [0.2, 0.25) is 5.79 Å². The second-order valence-corrected chi connectivity index (χ2v) is 18.7. The molecule has 4 aromatic carbocycles. The first-order valence-electron chi connectivity index (χ1n) is 26.1. The van der Waals surface area contributed by atoms with Crippen molar-refractivity contribution < 1.29 is 9.47 Å². The highest BCUT2D eigenvalue weighted by Gasteiger charge is 2.47. The molecule has 0 amide bonds. The third-order valence-corrected chi connectivity index (χ3v) is 13.7. The van der Waals surface area contributed by atoms with Crippen molar-refractivity contribution in [3.05, 3.63) is 83.4 Å². The molecule has 0 unspecified atom stereocenters. The SMILES string of the molecule is C#Cc1ccc2c3c(ccc2c1)C(OCCCCCCCCCCCCCCCCCC)(OCCCCCCCCCCCCCCCCCC)c1ccc2ccccc2c1-3. The van der Waals surface area contributed by atoms with E-state index in [1.54, 1.807) is 0 Å². The van der Waals surface area contributed by atoms with E-state index in [9.17, 15) is 0 Å². The van der Waals surface area contributed by atoms with Gasteiger partial charge in [-0.15, -0.1) is 6.42 Å². The van der Waals surface area contributed by atoms with Crippen LogP contribution in [0, 0.1) is 12.3 Å². The van der Waals surface area contributed by atoms with Gasteiger partial charge in [-0.2, -0.15) is 0 Å². The number of unbranched alkanes of at least 4 members (excludes halogenated alkanes) is 30. The molecule has 61 heavy (non-hydrogen) atoms. The maximum atomic E-state index is 7.18. The summed E-state index contributed by atoms with van der Waals surface area (Å²) >= 11 is 0. The van der Waals surface area contributed by atoms with E-state index in [-0.39, 0.29) is 0 Å². The summed E-state index contributed by atoms with van der Waals surface area (Å²) in [6, 6.07) is 24.3. The fourth-order valence-corrected chi connectivity index (χ4v) is 10.0. The molecule has 0 atom stereocenters. The molecule has 2 nitrogen and oxygen atoms in total. The molecule has 0 aliphatic heterocycles. The summed E-state index contributed by atoms with van der Waals surface area (Å²) in [4.78, 5) is 0. The maximum absolute atomic E-state index is 7.18. The molecule has 2 heteroatoms. The summed E-state index contributed by atoms with van der Waals surface area (Å²) in [5, 5.41) is 4.89. The molecule has 4 aromatic rings. The summed E-state index contributed by atoms with van der Waals surface area (Å²) in [7, 11) is 0. The van der Waals surface area contributed by atoms with Crippen molar-refractivity contribution in [1.29, 1.82) is 0 Å². The van der Waals surface area contributed by atoms with Gasteiger partial charge in [0, 0.05) is 16.7 Å². The lowest BCUT2D eigenvalue weighted by molar-refractivity contribution is -0.216. The van der Waals surface area contributed by atoms with Crippen LogP contribution < -0.4 is 0 Å². The zero-order valence-electron chi connectivity index (χ0n) is 39.3. The number of ether oxygens (including phenoxy) is 2. The van der Waals surface area contributed by atoms with E-state index in [1.807, 2.05) is 0 Å². The fourth-order valence-electron chi connectivity index (χ4n) is 10.0. The van der Waals surface area contributed by atoms with Crippen LogP contribution in [0.15, 0.2) is 66.7 Å².